The van der Waals surface area contributed by atoms with Crippen molar-refractivity contribution in [1.29, 1.82) is 0 Å². The molecule has 1 rings (SSSR count). The molecule has 0 amide bonds. The van der Waals surface area contributed by atoms with Crippen LogP contribution in [-0.2, 0) is 0 Å². The predicted molar refractivity (Wildman–Crippen MR) is 54.5 cm³/mol. The zero-order valence-electron chi connectivity index (χ0n) is 8.02. The summed E-state index contributed by atoms with van der Waals surface area (Å²) < 4.78 is 0. The van der Waals surface area contributed by atoms with E-state index in [1.54, 1.807) is 5.20 Å². The maximum atomic E-state index is 2.43. The molecule has 0 bridgehead atoms. The Balaban J connectivity index is 2.68. The van der Waals surface area contributed by atoms with Gasteiger partial charge in [-0.1, -0.05) is 50.4 Å². The van der Waals surface area contributed by atoms with Crippen molar-refractivity contribution in [3.63, 3.8) is 0 Å². The first kappa shape index (κ1) is 8.79. The Morgan fingerprint density at radius 2 is 2.00 bits per heavy atom. The summed E-state index contributed by atoms with van der Waals surface area (Å²) in [6.07, 6.45) is 8.34. The average Bonchev–Trinajstić information content (AvgIpc) is 1.86. The van der Waals surface area contributed by atoms with Crippen molar-refractivity contribution in [2.45, 2.75) is 33.4 Å². The maximum absolute atomic E-state index is 2.43. The first-order chi connectivity index (χ1) is 5.01. The van der Waals surface area contributed by atoms with Crippen LogP contribution >= 0.6 is 0 Å². The van der Waals surface area contributed by atoms with E-state index in [-0.39, 0.29) is 0 Å². The molecule has 0 spiro atoms. The highest BCUT2D eigenvalue weighted by Gasteiger charge is 2.16. The highest BCUT2D eigenvalue weighted by Crippen LogP contribution is 2.28. The van der Waals surface area contributed by atoms with Crippen LogP contribution in [0.2, 0.25) is 13.1 Å². The van der Waals surface area contributed by atoms with Gasteiger partial charge in [0.2, 0.25) is 0 Å². The molecule has 0 nitrogen and oxygen atoms in total. The summed E-state index contributed by atoms with van der Waals surface area (Å²) in [6.45, 7) is 9.35. The van der Waals surface area contributed by atoms with Crippen LogP contribution in [0, 0.1) is 5.41 Å². The minimum Gasteiger partial charge on any atom is -0.0848 e. The molecule has 0 aromatic rings. The zero-order chi connectivity index (χ0) is 8.48. The second kappa shape index (κ2) is 2.98. The Kier molecular flexibility index (Phi) is 2.38. The van der Waals surface area contributed by atoms with Crippen LogP contribution in [0.5, 0.6) is 0 Å². The van der Waals surface area contributed by atoms with Crippen molar-refractivity contribution in [3.05, 3.63) is 23.4 Å². The van der Waals surface area contributed by atoms with Crippen LogP contribution in [0.3, 0.4) is 0 Å². The Morgan fingerprint density at radius 1 is 1.36 bits per heavy atom. The molecule has 0 saturated heterocycles. The minimum atomic E-state index is -0.535. The third-order valence-electron chi connectivity index (χ3n) is 2.26. The Morgan fingerprint density at radius 3 is 2.36 bits per heavy atom. The van der Waals surface area contributed by atoms with Crippen molar-refractivity contribution >= 4 is 8.80 Å². The summed E-state index contributed by atoms with van der Waals surface area (Å²) in [5, 5.41) is 1.63. The van der Waals surface area contributed by atoms with E-state index in [2.05, 4.69) is 45.2 Å². The first-order valence-corrected chi connectivity index (χ1v) is 7.29. The van der Waals surface area contributed by atoms with Crippen LogP contribution in [0.25, 0.3) is 0 Å². The van der Waals surface area contributed by atoms with Crippen molar-refractivity contribution in [1.82, 2.24) is 0 Å². The smallest absolute Gasteiger partial charge is 0.0642 e. The van der Waals surface area contributed by atoms with Gasteiger partial charge in [-0.25, -0.2) is 0 Å². The van der Waals surface area contributed by atoms with Gasteiger partial charge in [0.15, 0.2) is 0 Å². The van der Waals surface area contributed by atoms with Gasteiger partial charge < -0.3 is 0 Å². The van der Waals surface area contributed by atoms with Gasteiger partial charge in [0.1, 0.15) is 0 Å². The standard InChI is InChI=1S/C10H18Si/c1-10(2)7-5-9(6-8-10)11(3)4/h5-7,11H,8H2,1-4H3. The van der Waals surface area contributed by atoms with Gasteiger partial charge in [-0.2, -0.15) is 0 Å². The van der Waals surface area contributed by atoms with Gasteiger partial charge in [0.05, 0.1) is 8.80 Å². The molecule has 0 N–H and O–H groups in total. The van der Waals surface area contributed by atoms with Crippen LogP contribution in [0.1, 0.15) is 20.3 Å². The van der Waals surface area contributed by atoms with Gasteiger partial charge >= 0.3 is 0 Å². The summed E-state index contributed by atoms with van der Waals surface area (Å²) in [6, 6.07) is 0. The Bertz CT molecular complexity index is 197. The van der Waals surface area contributed by atoms with Crippen LogP contribution in [-0.4, -0.2) is 8.80 Å². The number of hydrogen-bond acceptors (Lipinski definition) is 0. The van der Waals surface area contributed by atoms with Crippen LogP contribution < -0.4 is 0 Å². The Labute approximate surface area is 71.6 Å². The van der Waals surface area contributed by atoms with Crippen molar-refractivity contribution < 1.29 is 0 Å². The normalized spacial score (nSPS) is 22.1. The monoisotopic (exact) mass is 166 g/mol. The van der Waals surface area contributed by atoms with E-state index in [0.717, 1.165) is 0 Å². The third-order valence-corrected chi connectivity index (χ3v) is 4.02. The van der Waals surface area contributed by atoms with E-state index in [9.17, 15) is 0 Å². The topological polar surface area (TPSA) is 0 Å². The number of rotatable bonds is 1. The molecule has 0 fully saturated rings. The van der Waals surface area contributed by atoms with Crippen molar-refractivity contribution in [2.75, 3.05) is 0 Å². The summed E-state index contributed by atoms with van der Waals surface area (Å²) in [5.41, 5.74) is 0.410. The first-order valence-electron chi connectivity index (χ1n) is 4.40. The summed E-state index contributed by atoms with van der Waals surface area (Å²) >= 11 is 0. The van der Waals surface area contributed by atoms with E-state index in [0.29, 0.717) is 5.41 Å². The highest BCUT2D eigenvalue weighted by atomic mass is 28.3. The summed E-state index contributed by atoms with van der Waals surface area (Å²) in [4.78, 5) is 0. The van der Waals surface area contributed by atoms with Crippen molar-refractivity contribution in [3.8, 4) is 0 Å². The zero-order valence-corrected chi connectivity index (χ0v) is 9.17. The lowest BCUT2D eigenvalue weighted by Gasteiger charge is -2.23. The second-order valence-electron chi connectivity index (χ2n) is 4.38. The molecule has 0 aromatic carbocycles. The molecule has 62 valence electrons. The average molecular weight is 166 g/mol. The molecule has 0 radical (unpaired) electrons. The lowest BCUT2D eigenvalue weighted by Crippen LogP contribution is -2.13. The predicted octanol–water partition coefficient (Wildman–Crippen LogP) is 2.92. The molecule has 0 unspecified atom stereocenters. The van der Waals surface area contributed by atoms with Gasteiger partial charge in [0.25, 0.3) is 0 Å². The SMILES string of the molecule is C[SiH](C)C1=CCC(C)(C)C=C1. The fraction of sp³-hybridized carbons (Fsp3) is 0.600. The van der Waals surface area contributed by atoms with Gasteiger partial charge in [-0.15, -0.1) is 0 Å². The molecule has 0 saturated carbocycles. The van der Waals surface area contributed by atoms with E-state index in [4.69, 9.17) is 0 Å². The van der Waals surface area contributed by atoms with E-state index < -0.39 is 8.80 Å². The molecule has 0 heterocycles. The molecule has 11 heavy (non-hydrogen) atoms. The van der Waals surface area contributed by atoms with Gasteiger partial charge in [-0.3, -0.25) is 0 Å². The quantitative estimate of drug-likeness (QED) is 0.525. The van der Waals surface area contributed by atoms with Gasteiger partial charge in [-0.05, 0) is 11.8 Å². The largest absolute Gasteiger partial charge is 0.0848 e. The number of allylic oxidation sites excluding steroid dienone is 4. The molecule has 0 atom stereocenters. The Hall–Kier alpha value is -0.303. The van der Waals surface area contributed by atoms with Crippen LogP contribution in [0.4, 0.5) is 0 Å². The molecular formula is C10H18Si. The third kappa shape index (κ3) is 2.33. The summed E-state index contributed by atoms with van der Waals surface area (Å²) in [7, 11) is -0.535. The van der Waals surface area contributed by atoms with Gasteiger partial charge in [0, 0.05) is 0 Å². The second-order valence-corrected chi connectivity index (χ2v) is 7.36. The summed E-state index contributed by atoms with van der Waals surface area (Å²) in [5.74, 6) is 0. The molecule has 0 aliphatic heterocycles. The fourth-order valence-electron chi connectivity index (χ4n) is 1.27. The molecule has 1 aliphatic carbocycles. The lowest BCUT2D eigenvalue weighted by molar-refractivity contribution is 0.483. The molecule has 1 aliphatic rings. The highest BCUT2D eigenvalue weighted by molar-refractivity contribution is 6.64. The van der Waals surface area contributed by atoms with Crippen molar-refractivity contribution in [2.24, 2.45) is 5.41 Å². The molecule has 0 aromatic heterocycles. The minimum absolute atomic E-state index is 0.410. The lowest BCUT2D eigenvalue weighted by atomic mass is 9.86. The van der Waals surface area contributed by atoms with E-state index in [1.807, 2.05) is 0 Å². The molecular weight excluding hydrogens is 148 g/mol. The molecule has 1 heteroatoms. The van der Waals surface area contributed by atoms with Crippen LogP contribution in [0.15, 0.2) is 23.4 Å². The number of hydrogen-bond donors (Lipinski definition) is 0. The van der Waals surface area contributed by atoms with E-state index >= 15 is 0 Å². The van der Waals surface area contributed by atoms with E-state index in [1.165, 1.54) is 6.42 Å². The maximum Gasteiger partial charge on any atom is 0.0642 e. The fourth-order valence-corrected chi connectivity index (χ4v) is 2.34.